The number of H-pyrrole nitrogens is 2. The van der Waals surface area contributed by atoms with E-state index in [4.69, 9.17) is 11.5 Å². The van der Waals surface area contributed by atoms with Gasteiger partial charge in [0.25, 0.3) is 0 Å². The molecule has 4 aromatic rings. The predicted molar refractivity (Wildman–Crippen MR) is 171 cm³/mol. The SMILES string of the molecule is NCCCCC(NC(=O)C(Cc1c[nH]c2ccccc12)NC(=O)C(N)Cc1c[nH]c2ccccc12)C(=O)N1CCCC1C(=O)O. The predicted octanol–water partition coefficient (Wildman–Crippen LogP) is 1.94. The van der Waals surface area contributed by atoms with Crippen molar-refractivity contribution in [1.29, 1.82) is 0 Å². The summed E-state index contributed by atoms with van der Waals surface area (Å²) in [6.07, 6.45) is 6.45. The van der Waals surface area contributed by atoms with Crippen LogP contribution in [-0.4, -0.2) is 80.9 Å². The number of fused-ring (bicyclic) bond motifs is 2. The fourth-order valence-corrected chi connectivity index (χ4v) is 6.15. The molecular formula is C33H41N7O5. The van der Waals surface area contributed by atoms with Gasteiger partial charge in [0.05, 0.1) is 6.04 Å². The lowest BCUT2D eigenvalue weighted by atomic mass is 10.0. The number of aliphatic carboxylic acids is 1. The average Bonchev–Trinajstić information content (AvgIpc) is 3.79. The zero-order valence-electron chi connectivity index (χ0n) is 25.1. The van der Waals surface area contributed by atoms with Crippen LogP contribution in [0.2, 0.25) is 0 Å². The molecule has 1 fully saturated rings. The highest BCUT2D eigenvalue weighted by Gasteiger charge is 2.38. The number of nitrogens with one attached hydrogen (secondary N) is 4. The minimum absolute atomic E-state index is 0.145. The maximum atomic E-state index is 13.9. The quantitative estimate of drug-likeness (QED) is 0.105. The fourth-order valence-electron chi connectivity index (χ4n) is 6.15. The molecule has 0 spiro atoms. The van der Waals surface area contributed by atoms with Gasteiger partial charge in [0.2, 0.25) is 17.7 Å². The van der Waals surface area contributed by atoms with Gasteiger partial charge in [0, 0.05) is 47.2 Å². The summed E-state index contributed by atoms with van der Waals surface area (Å²) in [6, 6.07) is 11.5. The Morgan fingerprint density at radius 3 is 2.09 bits per heavy atom. The number of hydrogen-bond donors (Lipinski definition) is 7. The molecule has 0 saturated carbocycles. The van der Waals surface area contributed by atoms with Crippen LogP contribution in [0.5, 0.6) is 0 Å². The number of carbonyl (C=O) groups excluding carboxylic acids is 3. The molecule has 12 heteroatoms. The van der Waals surface area contributed by atoms with Crippen molar-refractivity contribution in [3.63, 3.8) is 0 Å². The molecule has 0 bridgehead atoms. The minimum Gasteiger partial charge on any atom is -0.480 e. The zero-order valence-corrected chi connectivity index (χ0v) is 25.1. The Balaban J connectivity index is 1.36. The third kappa shape index (κ3) is 7.35. The Hall–Kier alpha value is -4.68. The van der Waals surface area contributed by atoms with E-state index in [0.717, 1.165) is 32.9 Å². The van der Waals surface area contributed by atoms with E-state index in [1.807, 2.05) is 54.7 Å². The highest BCUT2D eigenvalue weighted by atomic mass is 16.4. The number of likely N-dealkylation sites (tertiary alicyclic amines) is 1. The molecule has 9 N–H and O–H groups in total. The number of rotatable bonds is 14. The van der Waals surface area contributed by atoms with Gasteiger partial charge in [0.15, 0.2) is 0 Å². The first-order chi connectivity index (χ1) is 21.8. The molecule has 3 amide bonds. The van der Waals surface area contributed by atoms with Crippen LogP contribution in [0, 0.1) is 0 Å². The summed E-state index contributed by atoms with van der Waals surface area (Å²) in [5.41, 5.74) is 15.6. The molecule has 5 rings (SSSR count). The Morgan fingerprint density at radius 2 is 1.47 bits per heavy atom. The Labute approximate surface area is 260 Å². The van der Waals surface area contributed by atoms with E-state index in [-0.39, 0.29) is 12.8 Å². The van der Waals surface area contributed by atoms with E-state index < -0.39 is 47.9 Å². The molecule has 1 aliphatic rings. The van der Waals surface area contributed by atoms with E-state index in [1.165, 1.54) is 4.90 Å². The summed E-state index contributed by atoms with van der Waals surface area (Å²) in [5, 5.41) is 17.2. The number of amides is 3. The summed E-state index contributed by atoms with van der Waals surface area (Å²) < 4.78 is 0. The van der Waals surface area contributed by atoms with Crippen LogP contribution < -0.4 is 22.1 Å². The van der Waals surface area contributed by atoms with Crippen molar-refractivity contribution in [2.24, 2.45) is 11.5 Å². The maximum Gasteiger partial charge on any atom is 0.326 e. The number of aromatic amines is 2. The first kappa shape index (κ1) is 31.7. The Bertz CT molecular complexity index is 1660. The second kappa shape index (κ2) is 14.4. The van der Waals surface area contributed by atoms with Crippen LogP contribution in [0.4, 0.5) is 0 Å². The van der Waals surface area contributed by atoms with Crippen LogP contribution in [0.15, 0.2) is 60.9 Å². The molecule has 4 unspecified atom stereocenters. The number of carboxylic acids is 1. The second-order valence-electron chi connectivity index (χ2n) is 11.7. The van der Waals surface area contributed by atoms with Crippen molar-refractivity contribution in [1.82, 2.24) is 25.5 Å². The van der Waals surface area contributed by atoms with Gasteiger partial charge in [-0.3, -0.25) is 14.4 Å². The number of nitrogens with zero attached hydrogens (tertiary/aromatic N) is 1. The number of aromatic nitrogens is 2. The number of nitrogens with two attached hydrogens (primary N) is 2. The molecular weight excluding hydrogens is 574 g/mol. The van der Waals surface area contributed by atoms with Crippen LogP contribution in [0.3, 0.4) is 0 Å². The first-order valence-electron chi connectivity index (χ1n) is 15.5. The minimum atomic E-state index is -1.07. The molecule has 0 aliphatic carbocycles. The molecule has 45 heavy (non-hydrogen) atoms. The normalized spacial score (nSPS) is 16.8. The standard InChI is InChI=1S/C33H41N7O5/c34-14-6-5-12-27(32(43)40-15-7-13-29(40)33(44)45)38-31(42)28(17-21-19-37-26-11-4-2-9-23(21)26)39-30(41)24(35)16-20-18-36-25-10-3-1-8-22(20)25/h1-4,8-11,18-19,24,27-29,36-37H,5-7,12-17,34-35H2,(H,38,42)(H,39,41)(H,44,45). The third-order valence-electron chi connectivity index (χ3n) is 8.57. The van der Waals surface area contributed by atoms with Crippen molar-refractivity contribution in [3.05, 3.63) is 72.1 Å². The lowest BCUT2D eigenvalue weighted by Crippen LogP contribution is -2.57. The number of unbranched alkanes of at least 4 members (excludes halogenated alkanes) is 1. The first-order valence-corrected chi connectivity index (χ1v) is 15.5. The number of para-hydroxylation sites is 2. The largest absolute Gasteiger partial charge is 0.480 e. The molecule has 1 aliphatic heterocycles. The number of carboxylic acid groups (broad SMARTS) is 1. The van der Waals surface area contributed by atoms with Crippen LogP contribution >= 0.6 is 0 Å². The van der Waals surface area contributed by atoms with Crippen molar-refractivity contribution in [2.75, 3.05) is 13.1 Å². The van der Waals surface area contributed by atoms with Crippen molar-refractivity contribution in [2.45, 2.75) is 69.1 Å². The van der Waals surface area contributed by atoms with Gasteiger partial charge in [-0.1, -0.05) is 36.4 Å². The third-order valence-corrected chi connectivity index (χ3v) is 8.57. The molecule has 4 atom stereocenters. The lowest BCUT2D eigenvalue weighted by Gasteiger charge is -2.29. The molecule has 0 radical (unpaired) electrons. The van der Waals surface area contributed by atoms with E-state index in [2.05, 4.69) is 20.6 Å². The van der Waals surface area contributed by atoms with Gasteiger partial charge in [-0.05, 0) is 68.3 Å². The Morgan fingerprint density at radius 1 is 0.867 bits per heavy atom. The molecule has 1 saturated heterocycles. The van der Waals surface area contributed by atoms with Crippen molar-refractivity contribution < 1.29 is 24.3 Å². The Kier molecular flexibility index (Phi) is 10.2. The molecule has 238 valence electrons. The van der Waals surface area contributed by atoms with Crippen molar-refractivity contribution in [3.8, 4) is 0 Å². The molecule has 3 heterocycles. The lowest BCUT2D eigenvalue weighted by molar-refractivity contribution is -0.149. The van der Waals surface area contributed by atoms with Crippen LogP contribution in [0.25, 0.3) is 21.8 Å². The molecule has 12 nitrogen and oxygen atoms in total. The van der Waals surface area contributed by atoms with E-state index in [0.29, 0.717) is 45.2 Å². The number of carbonyl (C=O) groups is 4. The topological polar surface area (TPSA) is 199 Å². The summed E-state index contributed by atoms with van der Waals surface area (Å²) in [6.45, 7) is 0.723. The number of benzene rings is 2. The van der Waals surface area contributed by atoms with Gasteiger partial charge in [0.1, 0.15) is 18.1 Å². The highest BCUT2D eigenvalue weighted by Crippen LogP contribution is 2.22. The van der Waals surface area contributed by atoms with Crippen molar-refractivity contribution >= 4 is 45.5 Å². The van der Waals surface area contributed by atoms with Crippen LogP contribution in [0.1, 0.15) is 43.2 Å². The van der Waals surface area contributed by atoms with Gasteiger partial charge in [-0.25, -0.2) is 4.79 Å². The van der Waals surface area contributed by atoms with E-state index >= 15 is 0 Å². The smallest absolute Gasteiger partial charge is 0.326 e. The highest BCUT2D eigenvalue weighted by molar-refractivity contribution is 5.95. The zero-order chi connectivity index (χ0) is 31.9. The maximum absolute atomic E-state index is 13.9. The average molecular weight is 616 g/mol. The van der Waals surface area contributed by atoms with Gasteiger partial charge in [-0.15, -0.1) is 0 Å². The molecule has 2 aromatic heterocycles. The second-order valence-corrected chi connectivity index (χ2v) is 11.7. The van der Waals surface area contributed by atoms with Gasteiger partial charge < -0.3 is 42.1 Å². The summed E-state index contributed by atoms with van der Waals surface area (Å²) >= 11 is 0. The van der Waals surface area contributed by atoms with Crippen LogP contribution in [-0.2, 0) is 32.0 Å². The summed E-state index contributed by atoms with van der Waals surface area (Å²) in [7, 11) is 0. The fraction of sp³-hybridized carbons (Fsp3) is 0.394. The van der Waals surface area contributed by atoms with E-state index in [1.54, 1.807) is 6.20 Å². The van der Waals surface area contributed by atoms with Gasteiger partial charge in [-0.2, -0.15) is 0 Å². The van der Waals surface area contributed by atoms with E-state index in [9.17, 15) is 24.3 Å². The summed E-state index contributed by atoms with van der Waals surface area (Å²) in [4.78, 5) is 60.6. The van der Waals surface area contributed by atoms with Gasteiger partial charge >= 0.3 is 5.97 Å². The molecule has 2 aromatic carbocycles. The number of hydrogen-bond acceptors (Lipinski definition) is 6. The summed E-state index contributed by atoms with van der Waals surface area (Å²) in [5.74, 6) is -2.57. The monoisotopic (exact) mass is 615 g/mol.